The average Bonchev–Trinajstić information content (AvgIpc) is 3.27. The number of carbonyl (C=O) groups is 1. The second kappa shape index (κ2) is 8.75. The van der Waals surface area contributed by atoms with Gasteiger partial charge in [0.05, 0.1) is 17.6 Å². The van der Waals surface area contributed by atoms with Gasteiger partial charge in [-0.3, -0.25) is 10.1 Å². The van der Waals surface area contributed by atoms with Gasteiger partial charge >= 0.3 is 5.97 Å². The van der Waals surface area contributed by atoms with Gasteiger partial charge in [0.1, 0.15) is 11.4 Å². The molecule has 0 aliphatic rings. The lowest BCUT2D eigenvalue weighted by atomic mass is 10.0. The molecule has 1 N–H and O–H groups in total. The third-order valence-corrected chi connectivity index (χ3v) is 5.85. The molecule has 0 bridgehead atoms. The van der Waals surface area contributed by atoms with Crippen LogP contribution in [-0.4, -0.2) is 32.7 Å². The first-order valence-corrected chi connectivity index (χ1v) is 10.7. The molecule has 0 radical (unpaired) electrons. The number of benzene rings is 3. The maximum atomic E-state index is 11.2. The number of hydrogen-bond donors (Lipinski definition) is 1. The van der Waals surface area contributed by atoms with E-state index in [4.69, 9.17) is 9.72 Å². The first-order chi connectivity index (χ1) is 16.9. The van der Waals surface area contributed by atoms with E-state index in [1.807, 2.05) is 41.1 Å². The molecule has 172 valence electrons. The molecule has 0 aliphatic heterocycles. The van der Waals surface area contributed by atoms with E-state index in [2.05, 4.69) is 0 Å². The summed E-state index contributed by atoms with van der Waals surface area (Å²) in [6, 6.07) is 22.6. The van der Waals surface area contributed by atoms with Crippen molar-refractivity contribution in [3.8, 4) is 33.7 Å². The summed E-state index contributed by atoms with van der Waals surface area (Å²) in [7, 11) is 1.61. The monoisotopic (exact) mass is 465 g/mol. The summed E-state index contributed by atoms with van der Waals surface area (Å²) in [5, 5.41) is 21.2. The second-order valence-corrected chi connectivity index (χ2v) is 7.89. The molecule has 5 rings (SSSR count). The number of non-ortho nitro benzene ring substituents is 1. The van der Waals surface area contributed by atoms with E-state index in [1.54, 1.807) is 49.7 Å². The Balaban J connectivity index is 1.68. The predicted molar refractivity (Wildman–Crippen MR) is 132 cm³/mol. The number of rotatable bonds is 6. The highest BCUT2D eigenvalue weighted by Crippen LogP contribution is 2.35. The van der Waals surface area contributed by atoms with E-state index >= 15 is 0 Å². The van der Waals surface area contributed by atoms with Crippen LogP contribution in [0, 0.1) is 10.1 Å². The Morgan fingerprint density at radius 1 is 0.943 bits per heavy atom. The van der Waals surface area contributed by atoms with E-state index in [-0.39, 0.29) is 11.3 Å². The molecule has 0 unspecified atom stereocenters. The summed E-state index contributed by atoms with van der Waals surface area (Å²) >= 11 is 0. The highest BCUT2D eigenvalue weighted by molar-refractivity contribution is 5.97. The lowest BCUT2D eigenvalue weighted by Crippen LogP contribution is -1.95. The number of nitrogens with zero attached hydrogens (tertiary/aromatic N) is 3. The van der Waals surface area contributed by atoms with E-state index in [1.165, 1.54) is 12.1 Å². The number of carboxylic acid groups (broad SMARTS) is 1. The number of fused-ring (bicyclic) bond motifs is 1. The number of aromatic carboxylic acids is 1. The Kier molecular flexibility index (Phi) is 5.46. The molecule has 2 heterocycles. The molecule has 35 heavy (non-hydrogen) atoms. The van der Waals surface area contributed by atoms with E-state index < -0.39 is 10.9 Å². The number of ether oxygens (including phenoxy) is 1. The van der Waals surface area contributed by atoms with Gasteiger partial charge in [0.2, 0.25) is 0 Å². The van der Waals surface area contributed by atoms with E-state index in [0.29, 0.717) is 0 Å². The molecule has 2 aromatic heterocycles. The quantitative estimate of drug-likeness (QED) is 0.244. The van der Waals surface area contributed by atoms with Crippen LogP contribution >= 0.6 is 0 Å². The summed E-state index contributed by atoms with van der Waals surface area (Å²) in [4.78, 5) is 26.6. The van der Waals surface area contributed by atoms with Gasteiger partial charge in [0.15, 0.2) is 0 Å². The number of hydrogen-bond acceptors (Lipinski definition) is 5. The smallest absolute Gasteiger partial charge is 0.335 e. The molecule has 5 aromatic rings. The third-order valence-electron chi connectivity index (χ3n) is 5.85. The van der Waals surface area contributed by atoms with Crippen LogP contribution in [0.1, 0.15) is 10.4 Å². The fraction of sp³-hybridized carbons (Fsp3) is 0.0370. The minimum Gasteiger partial charge on any atom is -0.497 e. The van der Waals surface area contributed by atoms with Crippen molar-refractivity contribution < 1.29 is 19.6 Å². The standard InChI is InChI=1S/C27H19N3O5/c1-35-23-12-10-21(11-13-23)29-16-25(18-6-8-22(9-7-18)30(33)34)24-14-20(15-28-26(24)29)17-2-4-19(5-3-17)27(31)32/h2-16H,1H3,(H,31,32). The Morgan fingerprint density at radius 3 is 2.20 bits per heavy atom. The maximum absolute atomic E-state index is 11.2. The van der Waals surface area contributed by atoms with Gasteiger partial charge in [-0.1, -0.05) is 12.1 Å². The topological polar surface area (TPSA) is 107 Å². The number of pyridine rings is 1. The van der Waals surface area contributed by atoms with Gasteiger partial charge in [0, 0.05) is 46.7 Å². The van der Waals surface area contributed by atoms with Crippen molar-refractivity contribution in [2.24, 2.45) is 0 Å². The molecule has 0 amide bonds. The minimum absolute atomic E-state index is 0.0185. The molecule has 8 heteroatoms. The number of nitro benzene ring substituents is 1. The maximum Gasteiger partial charge on any atom is 0.335 e. The van der Waals surface area contributed by atoms with Crippen molar-refractivity contribution in [3.63, 3.8) is 0 Å². The molecule has 8 nitrogen and oxygen atoms in total. The summed E-state index contributed by atoms with van der Waals surface area (Å²) in [6.45, 7) is 0. The van der Waals surface area contributed by atoms with Crippen molar-refractivity contribution >= 4 is 22.7 Å². The zero-order chi connectivity index (χ0) is 24.5. The van der Waals surface area contributed by atoms with Gasteiger partial charge in [-0.2, -0.15) is 0 Å². The van der Waals surface area contributed by atoms with Crippen LogP contribution in [0.15, 0.2) is 91.3 Å². The van der Waals surface area contributed by atoms with Crippen LogP contribution in [0.5, 0.6) is 5.75 Å². The zero-order valence-corrected chi connectivity index (χ0v) is 18.6. The molecule has 0 saturated carbocycles. The van der Waals surface area contributed by atoms with Crippen LogP contribution in [0.3, 0.4) is 0 Å². The molecular formula is C27H19N3O5. The van der Waals surface area contributed by atoms with Crippen molar-refractivity contribution in [1.82, 2.24) is 9.55 Å². The highest BCUT2D eigenvalue weighted by Gasteiger charge is 2.16. The lowest BCUT2D eigenvalue weighted by molar-refractivity contribution is -0.384. The second-order valence-electron chi connectivity index (χ2n) is 7.89. The Bertz CT molecular complexity index is 1550. The van der Waals surface area contributed by atoms with Crippen molar-refractivity contribution in [2.45, 2.75) is 0 Å². The lowest BCUT2D eigenvalue weighted by Gasteiger charge is -2.07. The van der Waals surface area contributed by atoms with Crippen LogP contribution < -0.4 is 4.74 Å². The van der Waals surface area contributed by atoms with Gasteiger partial charge in [0.25, 0.3) is 5.69 Å². The molecule has 0 fully saturated rings. The molecule has 0 atom stereocenters. The first kappa shape index (κ1) is 21.8. The number of carboxylic acids is 1. The normalized spacial score (nSPS) is 10.9. The fourth-order valence-corrected chi connectivity index (χ4v) is 4.00. The number of methoxy groups -OCH3 is 1. The van der Waals surface area contributed by atoms with Crippen LogP contribution in [0.25, 0.3) is 39.0 Å². The SMILES string of the molecule is COc1ccc(-n2cc(-c3ccc([N+](=O)[O-])cc3)c3cc(-c4ccc(C(=O)O)cc4)cnc32)cc1. The number of nitro groups is 1. The highest BCUT2D eigenvalue weighted by atomic mass is 16.6. The average molecular weight is 465 g/mol. The molecule has 0 saturated heterocycles. The van der Waals surface area contributed by atoms with E-state index in [0.717, 1.165) is 44.7 Å². The zero-order valence-electron chi connectivity index (χ0n) is 18.6. The van der Waals surface area contributed by atoms with Crippen LogP contribution in [0.4, 0.5) is 5.69 Å². The fourth-order valence-electron chi connectivity index (χ4n) is 4.00. The summed E-state index contributed by atoms with van der Waals surface area (Å²) in [5.74, 6) is -0.247. The van der Waals surface area contributed by atoms with Gasteiger partial charge < -0.3 is 14.4 Å². The predicted octanol–water partition coefficient (Wildman–Crippen LogP) is 5.97. The van der Waals surface area contributed by atoms with Crippen LogP contribution in [-0.2, 0) is 0 Å². The van der Waals surface area contributed by atoms with Crippen molar-refractivity contribution in [2.75, 3.05) is 7.11 Å². The third kappa shape index (κ3) is 4.08. The largest absolute Gasteiger partial charge is 0.497 e. The van der Waals surface area contributed by atoms with Crippen molar-refractivity contribution in [1.29, 1.82) is 0 Å². The summed E-state index contributed by atoms with van der Waals surface area (Å²) in [6.07, 6.45) is 3.70. The molecule has 0 aliphatic carbocycles. The number of aromatic nitrogens is 2. The van der Waals surface area contributed by atoms with Crippen molar-refractivity contribution in [3.05, 3.63) is 107 Å². The Morgan fingerprint density at radius 2 is 1.60 bits per heavy atom. The van der Waals surface area contributed by atoms with E-state index in [9.17, 15) is 20.0 Å². The molecule has 3 aromatic carbocycles. The van der Waals surface area contributed by atoms with Gasteiger partial charge in [-0.25, -0.2) is 9.78 Å². The Labute approximate surface area is 199 Å². The Hall–Kier alpha value is -4.98. The first-order valence-electron chi connectivity index (χ1n) is 10.7. The molecule has 0 spiro atoms. The summed E-state index contributed by atoms with van der Waals surface area (Å²) < 4.78 is 7.23. The van der Waals surface area contributed by atoms with Gasteiger partial charge in [-0.15, -0.1) is 0 Å². The van der Waals surface area contributed by atoms with Crippen LogP contribution in [0.2, 0.25) is 0 Å². The molecular weight excluding hydrogens is 446 g/mol. The van der Waals surface area contributed by atoms with Gasteiger partial charge in [-0.05, 0) is 65.7 Å². The summed E-state index contributed by atoms with van der Waals surface area (Å²) in [5.41, 5.74) is 5.16. The minimum atomic E-state index is -0.984.